The highest BCUT2D eigenvalue weighted by atomic mass is 19.4. The lowest BCUT2D eigenvalue weighted by molar-refractivity contribution is -0.131. The largest absolute Gasteiger partial charge is 0.390 e. The number of anilines is 2. The molecule has 0 saturated heterocycles. The number of alkyl halides is 3. The van der Waals surface area contributed by atoms with Crippen LogP contribution < -0.4 is 16.6 Å². The number of hydrazine groups is 1. The summed E-state index contributed by atoms with van der Waals surface area (Å²) >= 11 is 0. The number of aryl methyl sites for hydroxylation is 1. The summed E-state index contributed by atoms with van der Waals surface area (Å²) in [5.41, 5.74) is 2.36. The molecule has 4 N–H and O–H groups in total. The molecule has 0 unspecified atom stereocenters. The third kappa shape index (κ3) is 5.17. The summed E-state index contributed by atoms with van der Waals surface area (Å²) < 4.78 is 36.0. The second-order valence-corrected chi connectivity index (χ2v) is 3.74. The van der Waals surface area contributed by atoms with Gasteiger partial charge in [-0.2, -0.15) is 13.2 Å². The van der Waals surface area contributed by atoms with Gasteiger partial charge < -0.3 is 10.7 Å². The van der Waals surface area contributed by atoms with Crippen molar-refractivity contribution in [3.05, 3.63) is 11.9 Å². The Kier molecular flexibility index (Phi) is 5.14. The summed E-state index contributed by atoms with van der Waals surface area (Å²) in [5.74, 6) is 6.49. The average Bonchev–Trinajstić information content (AvgIpc) is 2.27. The van der Waals surface area contributed by atoms with Crippen molar-refractivity contribution in [1.29, 1.82) is 0 Å². The van der Waals surface area contributed by atoms with Crippen molar-refractivity contribution in [2.45, 2.75) is 32.4 Å². The average molecular weight is 263 g/mol. The lowest BCUT2D eigenvalue weighted by atomic mass is 10.3. The molecule has 0 aliphatic heterocycles. The predicted molar refractivity (Wildman–Crippen MR) is 63.0 cm³/mol. The third-order valence-electron chi connectivity index (χ3n) is 2.11. The smallest absolute Gasteiger partial charge is 0.370 e. The highest BCUT2D eigenvalue weighted by Crippen LogP contribution is 2.19. The van der Waals surface area contributed by atoms with Gasteiger partial charge in [0.1, 0.15) is 17.5 Å². The van der Waals surface area contributed by atoms with Crippen molar-refractivity contribution in [3.63, 3.8) is 0 Å². The van der Waals surface area contributed by atoms with E-state index in [1.54, 1.807) is 0 Å². The maximum Gasteiger partial charge on any atom is 0.390 e. The van der Waals surface area contributed by atoms with E-state index in [0.29, 0.717) is 23.9 Å². The maximum atomic E-state index is 12.0. The molecule has 0 aliphatic carbocycles. The van der Waals surface area contributed by atoms with Gasteiger partial charge in [0.05, 0.1) is 6.42 Å². The fourth-order valence-corrected chi connectivity index (χ4v) is 1.33. The Hall–Kier alpha value is -1.57. The summed E-state index contributed by atoms with van der Waals surface area (Å²) in [7, 11) is 0. The van der Waals surface area contributed by atoms with Crippen molar-refractivity contribution in [3.8, 4) is 0 Å². The minimum Gasteiger partial charge on any atom is -0.370 e. The monoisotopic (exact) mass is 263 g/mol. The Morgan fingerprint density at radius 2 is 1.94 bits per heavy atom. The molecule has 1 aromatic heterocycles. The first-order valence-corrected chi connectivity index (χ1v) is 5.60. The molecular formula is C10H16F3N5. The molecule has 0 spiro atoms. The zero-order valence-corrected chi connectivity index (χ0v) is 10.0. The highest BCUT2D eigenvalue weighted by Gasteiger charge is 2.26. The summed E-state index contributed by atoms with van der Waals surface area (Å²) in [5, 5.41) is 2.61. The highest BCUT2D eigenvalue weighted by molar-refractivity contribution is 5.46. The van der Waals surface area contributed by atoms with Crippen LogP contribution in [0.4, 0.5) is 24.8 Å². The summed E-state index contributed by atoms with van der Waals surface area (Å²) in [6, 6.07) is 1.47. The predicted octanol–water partition coefficient (Wildman–Crippen LogP) is 2.08. The van der Waals surface area contributed by atoms with Crippen LogP contribution in [0.5, 0.6) is 0 Å². The van der Waals surface area contributed by atoms with Gasteiger partial charge in [-0.05, 0) is 6.42 Å². The molecule has 0 bridgehead atoms. The normalized spacial score (nSPS) is 11.4. The molecule has 0 aromatic carbocycles. The standard InChI is InChI=1S/C10H16F3N5/c1-2-3-7-16-8(6-9(17-7)18-14)15-5-4-10(11,12)13/h6H,2-5,14H2,1H3,(H2,15,16,17,18). The van der Waals surface area contributed by atoms with Gasteiger partial charge in [0, 0.05) is 19.0 Å². The van der Waals surface area contributed by atoms with E-state index in [4.69, 9.17) is 5.84 Å². The van der Waals surface area contributed by atoms with Crippen LogP contribution in [0.3, 0.4) is 0 Å². The van der Waals surface area contributed by atoms with Gasteiger partial charge in [-0.25, -0.2) is 15.8 Å². The van der Waals surface area contributed by atoms with Gasteiger partial charge in [0.25, 0.3) is 0 Å². The van der Waals surface area contributed by atoms with E-state index in [9.17, 15) is 13.2 Å². The van der Waals surface area contributed by atoms with E-state index in [0.717, 1.165) is 6.42 Å². The lowest BCUT2D eigenvalue weighted by Crippen LogP contribution is -2.16. The molecule has 0 amide bonds. The second-order valence-electron chi connectivity index (χ2n) is 3.74. The van der Waals surface area contributed by atoms with E-state index in [1.165, 1.54) is 6.07 Å². The Balaban J connectivity index is 2.66. The third-order valence-corrected chi connectivity index (χ3v) is 2.11. The van der Waals surface area contributed by atoms with Crippen molar-refractivity contribution in [2.75, 3.05) is 17.3 Å². The van der Waals surface area contributed by atoms with Gasteiger partial charge >= 0.3 is 6.18 Å². The first-order chi connectivity index (χ1) is 8.44. The number of nitrogens with one attached hydrogen (secondary N) is 2. The molecule has 102 valence electrons. The molecule has 0 saturated carbocycles. The quantitative estimate of drug-likeness (QED) is 0.541. The molecule has 5 nitrogen and oxygen atoms in total. The molecule has 0 aliphatic rings. The van der Waals surface area contributed by atoms with Crippen molar-refractivity contribution < 1.29 is 13.2 Å². The zero-order chi connectivity index (χ0) is 13.6. The van der Waals surface area contributed by atoms with E-state index in [-0.39, 0.29) is 6.54 Å². The van der Waals surface area contributed by atoms with Crippen LogP contribution in [0, 0.1) is 0 Å². The SMILES string of the molecule is CCCc1nc(NN)cc(NCCC(F)(F)F)n1. The minimum atomic E-state index is -4.18. The Morgan fingerprint density at radius 1 is 1.28 bits per heavy atom. The van der Waals surface area contributed by atoms with Gasteiger partial charge in [-0.15, -0.1) is 0 Å². The van der Waals surface area contributed by atoms with Gasteiger partial charge in [0.15, 0.2) is 0 Å². The van der Waals surface area contributed by atoms with E-state index in [1.807, 2.05) is 6.92 Å². The number of nitrogens with two attached hydrogens (primary N) is 1. The number of aromatic nitrogens is 2. The van der Waals surface area contributed by atoms with Crippen LogP contribution in [0.1, 0.15) is 25.6 Å². The number of rotatable bonds is 6. The second kappa shape index (κ2) is 6.39. The zero-order valence-electron chi connectivity index (χ0n) is 10.0. The molecular weight excluding hydrogens is 247 g/mol. The van der Waals surface area contributed by atoms with Crippen molar-refractivity contribution >= 4 is 11.6 Å². The van der Waals surface area contributed by atoms with Crippen LogP contribution in [-0.4, -0.2) is 22.7 Å². The van der Waals surface area contributed by atoms with Crippen LogP contribution in [0.15, 0.2) is 6.07 Å². The summed E-state index contributed by atoms with van der Waals surface area (Å²) in [4.78, 5) is 8.19. The topological polar surface area (TPSA) is 75.9 Å². The number of nitrogens with zero attached hydrogens (tertiary/aromatic N) is 2. The first kappa shape index (κ1) is 14.5. The molecule has 1 aromatic rings. The molecule has 0 atom stereocenters. The fraction of sp³-hybridized carbons (Fsp3) is 0.600. The van der Waals surface area contributed by atoms with E-state index in [2.05, 4.69) is 20.7 Å². The molecule has 1 rings (SSSR count). The van der Waals surface area contributed by atoms with E-state index >= 15 is 0 Å². The summed E-state index contributed by atoms with van der Waals surface area (Å²) in [6.07, 6.45) is -3.60. The Morgan fingerprint density at radius 3 is 2.50 bits per heavy atom. The van der Waals surface area contributed by atoms with Crippen molar-refractivity contribution in [1.82, 2.24) is 9.97 Å². The fourth-order valence-electron chi connectivity index (χ4n) is 1.33. The van der Waals surface area contributed by atoms with Crippen molar-refractivity contribution in [2.24, 2.45) is 5.84 Å². The number of hydrogen-bond acceptors (Lipinski definition) is 5. The number of nitrogen functional groups attached to an aromatic ring is 1. The maximum absolute atomic E-state index is 12.0. The lowest BCUT2D eigenvalue weighted by Gasteiger charge is -2.10. The molecule has 0 fully saturated rings. The minimum absolute atomic E-state index is 0.226. The molecule has 1 heterocycles. The number of hydrogen-bond donors (Lipinski definition) is 3. The van der Waals surface area contributed by atoms with Crippen LogP contribution in [-0.2, 0) is 6.42 Å². The first-order valence-electron chi connectivity index (χ1n) is 5.60. The van der Waals surface area contributed by atoms with Gasteiger partial charge in [-0.1, -0.05) is 6.92 Å². The van der Waals surface area contributed by atoms with Gasteiger partial charge in [0.2, 0.25) is 0 Å². The van der Waals surface area contributed by atoms with Crippen LogP contribution in [0.25, 0.3) is 0 Å². The number of halogens is 3. The Labute approximate surface area is 103 Å². The van der Waals surface area contributed by atoms with Crippen LogP contribution >= 0.6 is 0 Å². The molecule has 8 heteroatoms. The molecule has 18 heavy (non-hydrogen) atoms. The summed E-state index contributed by atoms with van der Waals surface area (Å²) in [6.45, 7) is 1.73. The van der Waals surface area contributed by atoms with Crippen LogP contribution in [0.2, 0.25) is 0 Å². The molecule has 0 radical (unpaired) electrons. The van der Waals surface area contributed by atoms with Gasteiger partial charge in [-0.3, -0.25) is 0 Å². The Bertz CT molecular complexity index is 380. The van der Waals surface area contributed by atoms with E-state index < -0.39 is 12.6 Å².